The van der Waals surface area contributed by atoms with Crippen molar-refractivity contribution in [1.29, 1.82) is 0 Å². The molecule has 7 heteroatoms. The van der Waals surface area contributed by atoms with E-state index < -0.39 is 0 Å². The van der Waals surface area contributed by atoms with Crippen molar-refractivity contribution in [2.45, 2.75) is 57.7 Å². The third-order valence-corrected chi connectivity index (χ3v) is 8.19. The Morgan fingerprint density at radius 1 is 1.00 bits per heavy atom. The molecule has 182 valence electrons. The van der Waals surface area contributed by atoms with Gasteiger partial charge in [0, 0.05) is 46.2 Å². The van der Waals surface area contributed by atoms with Crippen LogP contribution in [0.1, 0.15) is 50.9 Å². The molecular weight excluding hydrogens is 469 g/mol. The topological polar surface area (TPSA) is 46.5 Å². The highest BCUT2D eigenvalue weighted by atomic mass is 35.5. The molecule has 0 unspecified atom stereocenters. The zero-order valence-corrected chi connectivity index (χ0v) is 22.4. The van der Waals surface area contributed by atoms with Gasteiger partial charge in [0.1, 0.15) is 5.75 Å². The second-order valence-electron chi connectivity index (χ2n) is 10.6. The molecule has 34 heavy (non-hydrogen) atoms. The van der Waals surface area contributed by atoms with Gasteiger partial charge < -0.3 is 14.6 Å². The number of hydrogen-bond acceptors (Lipinski definition) is 3. The van der Waals surface area contributed by atoms with Crippen LogP contribution in [0.2, 0.25) is 10.0 Å². The fourth-order valence-electron chi connectivity index (χ4n) is 5.38. The van der Waals surface area contributed by atoms with Gasteiger partial charge in [-0.1, -0.05) is 23.2 Å². The fraction of sp³-hybridized carbons (Fsp3) is 0.444. The van der Waals surface area contributed by atoms with Crippen LogP contribution in [0.5, 0.6) is 5.75 Å². The van der Waals surface area contributed by atoms with Gasteiger partial charge in [-0.05, 0) is 84.0 Å². The Balaban J connectivity index is 1.62. The summed E-state index contributed by atoms with van der Waals surface area (Å²) in [6, 6.07) is 11.5. The number of carbonyl (C=O) groups is 1. The Bertz CT molecular complexity index is 1240. The molecule has 1 amide bonds. The predicted molar refractivity (Wildman–Crippen MR) is 141 cm³/mol. The number of rotatable bonds is 4. The van der Waals surface area contributed by atoms with Gasteiger partial charge >= 0.3 is 0 Å². The van der Waals surface area contributed by atoms with E-state index in [0.717, 1.165) is 35.0 Å². The van der Waals surface area contributed by atoms with E-state index >= 15 is 0 Å². The minimum Gasteiger partial charge on any atom is -0.496 e. The number of carbonyl (C=O) groups excluding carboxylic acids is 1. The molecule has 0 spiro atoms. The minimum absolute atomic E-state index is 0.00156. The SMILES string of the molecule is COc1cc(C(=O)NC2CC(C)(C)N(C)C(C)(C)C2)ccc1-c1cc2cc(Cl)c(Cl)cc2n1C. The molecule has 1 aliphatic heterocycles. The molecule has 2 heterocycles. The molecule has 1 N–H and O–H groups in total. The number of amides is 1. The standard InChI is InChI=1S/C27H33Cl2N3O2/c1-26(2)14-18(15-27(3,4)32(26)6)30-25(33)16-8-9-19(24(12-16)34-7)23-11-17-10-20(28)21(29)13-22(17)31(23)5/h8-13,18H,14-15H2,1-7H3,(H,30,33). The lowest BCUT2D eigenvalue weighted by Gasteiger charge is -2.53. The first-order chi connectivity index (χ1) is 15.8. The van der Waals surface area contributed by atoms with Crippen molar-refractivity contribution in [3.8, 4) is 17.0 Å². The molecule has 1 aromatic heterocycles. The number of nitrogens with one attached hydrogen (secondary N) is 1. The van der Waals surface area contributed by atoms with Gasteiger partial charge in [0.2, 0.25) is 0 Å². The van der Waals surface area contributed by atoms with Gasteiger partial charge in [0.05, 0.1) is 22.8 Å². The van der Waals surface area contributed by atoms with E-state index in [9.17, 15) is 4.79 Å². The van der Waals surface area contributed by atoms with E-state index in [1.807, 2.05) is 37.4 Å². The monoisotopic (exact) mass is 501 g/mol. The summed E-state index contributed by atoms with van der Waals surface area (Å²) >= 11 is 12.5. The molecule has 4 rings (SSSR count). The Morgan fingerprint density at radius 2 is 1.62 bits per heavy atom. The number of fused-ring (bicyclic) bond motifs is 1. The summed E-state index contributed by atoms with van der Waals surface area (Å²) in [5.41, 5.74) is 3.41. The largest absolute Gasteiger partial charge is 0.496 e. The van der Waals surface area contributed by atoms with Crippen LogP contribution in [0, 0.1) is 0 Å². The van der Waals surface area contributed by atoms with E-state index in [-0.39, 0.29) is 23.0 Å². The molecule has 0 aliphatic carbocycles. The van der Waals surface area contributed by atoms with Crippen molar-refractivity contribution in [2.24, 2.45) is 7.05 Å². The number of aromatic nitrogens is 1. The van der Waals surface area contributed by atoms with Crippen LogP contribution in [0.25, 0.3) is 22.2 Å². The zero-order valence-electron chi connectivity index (χ0n) is 20.9. The van der Waals surface area contributed by atoms with Crippen molar-refractivity contribution >= 4 is 40.0 Å². The Hall–Kier alpha value is -2.21. The Labute approximate surface area is 212 Å². The van der Waals surface area contributed by atoms with Crippen LogP contribution in [0.3, 0.4) is 0 Å². The minimum atomic E-state index is -0.0818. The van der Waals surface area contributed by atoms with Crippen LogP contribution >= 0.6 is 23.2 Å². The molecular formula is C27H33Cl2N3O2. The Kier molecular flexibility index (Phi) is 6.43. The summed E-state index contributed by atoms with van der Waals surface area (Å²) < 4.78 is 7.76. The maximum absolute atomic E-state index is 13.2. The highest BCUT2D eigenvalue weighted by Crippen LogP contribution is 2.38. The van der Waals surface area contributed by atoms with Gasteiger partial charge in [-0.25, -0.2) is 0 Å². The summed E-state index contributed by atoms with van der Waals surface area (Å²) in [6.45, 7) is 8.92. The van der Waals surface area contributed by atoms with Gasteiger partial charge in [0.15, 0.2) is 0 Å². The van der Waals surface area contributed by atoms with Crippen LogP contribution in [0.4, 0.5) is 0 Å². The van der Waals surface area contributed by atoms with E-state index in [2.05, 4.69) is 55.6 Å². The van der Waals surface area contributed by atoms with Crippen LogP contribution in [0.15, 0.2) is 36.4 Å². The molecule has 5 nitrogen and oxygen atoms in total. The van der Waals surface area contributed by atoms with Gasteiger partial charge in [-0.3, -0.25) is 9.69 Å². The number of hydrogen-bond donors (Lipinski definition) is 1. The number of halogens is 2. The first-order valence-corrected chi connectivity index (χ1v) is 12.3. The van der Waals surface area contributed by atoms with Crippen molar-refractivity contribution in [1.82, 2.24) is 14.8 Å². The quantitative estimate of drug-likeness (QED) is 0.441. The first kappa shape index (κ1) is 24.9. The Morgan fingerprint density at radius 3 is 2.24 bits per heavy atom. The molecule has 0 radical (unpaired) electrons. The molecule has 0 bridgehead atoms. The van der Waals surface area contributed by atoms with E-state index in [4.69, 9.17) is 27.9 Å². The maximum Gasteiger partial charge on any atom is 0.251 e. The molecule has 3 aromatic rings. The van der Waals surface area contributed by atoms with Crippen molar-refractivity contribution in [3.63, 3.8) is 0 Å². The average Bonchev–Trinajstić information content (AvgIpc) is 3.06. The third-order valence-electron chi connectivity index (χ3n) is 7.47. The highest BCUT2D eigenvalue weighted by Gasteiger charge is 2.43. The molecule has 2 aromatic carbocycles. The van der Waals surface area contributed by atoms with E-state index in [0.29, 0.717) is 21.4 Å². The van der Waals surface area contributed by atoms with Crippen LogP contribution in [-0.2, 0) is 7.05 Å². The lowest BCUT2D eigenvalue weighted by Crippen LogP contribution is -2.62. The second kappa shape index (κ2) is 8.78. The fourth-order valence-corrected chi connectivity index (χ4v) is 5.71. The number of aryl methyl sites for hydroxylation is 1. The van der Waals surface area contributed by atoms with E-state index in [1.54, 1.807) is 7.11 Å². The van der Waals surface area contributed by atoms with Crippen LogP contribution in [-0.4, -0.2) is 46.7 Å². The molecule has 0 atom stereocenters. The lowest BCUT2D eigenvalue weighted by molar-refractivity contribution is -0.0169. The van der Waals surface area contributed by atoms with E-state index in [1.165, 1.54) is 0 Å². The summed E-state index contributed by atoms with van der Waals surface area (Å²) in [5.74, 6) is 0.557. The normalized spacial score (nSPS) is 18.3. The highest BCUT2D eigenvalue weighted by molar-refractivity contribution is 6.42. The molecule has 1 saturated heterocycles. The van der Waals surface area contributed by atoms with Crippen molar-refractivity contribution < 1.29 is 9.53 Å². The molecule has 1 fully saturated rings. The predicted octanol–water partition coefficient (Wildman–Crippen LogP) is 6.54. The lowest BCUT2D eigenvalue weighted by atomic mass is 9.77. The first-order valence-electron chi connectivity index (χ1n) is 11.5. The maximum atomic E-state index is 13.2. The van der Waals surface area contributed by atoms with Gasteiger partial charge in [0.25, 0.3) is 5.91 Å². The zero-order chi connectivity index (χ0) is 25.0. The van der Waals surface area contributed by atoms with Gasteiger partial charge in [-0.15, -0.1) is 0 Å². The summed E-state index contributed by atoms with van der Waals surface area (Å²) in [4.78, 5) is 15.6. The molecule has 1 aliphatic rings. The molecule has 0 saturated carbocycles. The van der Waals surface area contributed by atoms with Crippen LogP contribution < -0.4 is 10.1 Å². The second-order valence-corrected chi connectivity index (χ2v) is 11.4. The number of benzene rings is 2. The summed E-state index contributed by atoms with van der Waals surface area (Å²) in [7, 11) is 5.76. The average molecular weight is 502 g/mol. The van der Waals surface area contributed by atoms with Crippen molar-refractivity contribution in [2.75, 3.05) is 14.2 Å². The number of nitrogens with zero attached hydrogens (tertiary/aromatic N) is 2. The van der Waals surface area contributed by atoms with Crippen molar-refractivity contribution in [3.05, 3.63) is 52.0 Å². The number of ether oxygens (including phenoxy) is 1. The summed E-state index contributed by atoms with van der Waals surface area (Å²) in [6.07, 6.45) is 1.80. The summed E-state index contributed by atoms with van der Waals surface area (Å²) in [5, 5.41) is 5.29. The van der Waals surface area contributed by atoms with Gasteiger partial charge in [-0.2, -0.15) is 0 Å². The number of piperidine rings is 1. The number of likely N-dealkylation sites (tertiary alicyclic amines) is 1. The smallest absolute Gasteiger partial charge is 0.251 e. The number of methoxy groups -OCH3 is 1. The third kappa shape index (κ3) is 4.41.